The molecule has 0 radical (unpaired) electrons. The number of rotatable bonds is 5. The van der Waals surface area contributed by atoms with E-state index in [-0.39, 0.29) is 11.8 Å². The second kappa shape index (κ2) is 5.52. The lowest BCUT2D eigenvalue weighted by atomic mass is 10.3. The van der Waals surface area contributed by atoms with Crippen LogP contribution in [0.1, 0.15) is 29.6 Å². The number of amides is 2. The summed E-state index contributed by atoms with van der Waals surface area (Å²) < 4.78 is 0. The minimum Gasteiger partial charge on any atom is -0.367 e. The highest BCUT2D eigenvalue weighted by Gasteiger charge is 2.18. The van der Waals surface area contributed by atoms with E-state index in [9.17, 15) is 9.59 Å². The molecule has 2 rings (SSSR count). The van der Waals surface area contributed by atoms with Crippen LogP contribution in [-0.4, -0.2) is 41.3 Å². The van der Waals surface area contributed by atoms with E-state index in [1.165, 1.54) is 0 Å². The van der Waals surface area contributed by atoms with Crippen molar-refractivity contribution in [2.24, 2.45) is 0 Å². The summed E-state index contributed by atoms with van der Waals surface area (Å²) >= 11 is 0. The average Bonchev–Trinajstić information content (AvgIpc) is 2.96. The quantitative estimate of drug-likeness (QED) is 0.740. The van der Waals surface area contributed by atoms with E-state index >= 15 is 0 Å². The SMILES string of the molecule is O=C(NCCCN1CCCC1=O)c1cc[nH]c1. The minimum atomic E-state index is -0.0704. The fraction of sp³-hybridized carbons (Fsp3) is 0.500. The highest BCUT2D eigenvalue weighted by molar-refractivity contribution is 5.93. The Kier molecular flexibility index (Phi) is 3.80. The van der Waals surface area contributed by atoms with Gasteiger partial charge in [-0.3, -0.25) is 9.59 Å². The summed E-state index contributed by atoms with van der Waals surface area (Å²) in [4.78, 5) is 27.6. The van der Waals surface area contributed by atoms with Gasteiger partial charge in [0.25, 0.3) is 5.91 Å². The summed E-state index contributed by atoms with van der Waals surface area (Å²) in [6, 6.07) is 1.74. The van der Waals surface area contributed by atoms with Crippen LogP contribution in [0.3, 0.4) is 0 Å². The highest BCUT2D eigenvalue weighted by atomic mass is 16.2. The first-order chi connectivity index (χ1) is 8.27. The number of nitrogens with one attached hydrogen (secondary N) is 2. The third-order valence-electron chi connectivity index (χ3n) is 2.92. The fourth-order valence-corrected chi connectivity index (χ4v) is 1.98. The van der Waals surface area contributed by atoms with Crippen molar-refractivity contribution in [2.75, 3.05) is 19.6 Å². The van der Waals surface area contributed by atoms with Crippen LogP contribution in [0, 0.1) is 0 Å². The standard InChI is InChI=1S/C12H17N3O2/c16-11-3-1-7-15(11)8-2-5-14-12(17)10-4-6-13-9-10/h4,6,9,13H,1-3,5,7-8H2,(H,14,17). The maximum Gasteiger partial charge on any atom is 0.252 e. The molecule has 5 nitrogen and oxygen atoms in total. The number of carbonyl (C=O) groups is 2. The van der Waals surface area contributed by atoms with Crippen molar-refractivity contribution in [1.29, 1.82) is 0 Å². The fourth-order valence-electron chi connectivity index (χ4n) is 1.98. The molecular weight excluding hydrogens is 218 g/mol. The summed E-state index contributed by atoms with van der Waals surface area (Å²) in [5.41, 5.74) is 0.641. The van der Waals surface area contributed by atoms with Gasteiger partial charge in [-0.2, -0.15) is 0 Å². The Hall–Kier alpha value is -1.78. The minimum absolute atomic E-state index is 0.0704. The van der Waals surface area contributed by atoms with E-state index in [4.69, 9.17) is 0 Å². The zero-order chi connectivity index (χ0) is 12.1. The second-order valence-electron chi connectivity index (χ2n) is 4.19. The maximum absolute atomic E-state index is 11.6. The number of likely N-dealkylation sites (tertiary alicyclic amines) is 1. The Morgan fingerprint density at radius 3 is 3.06 bits per heavy atom. The molecule has 5 heteroatoms. The molecular formula is C12H17N3O2. The molecule has 1 aliphatic rings. The first kappa shape index (κ1) is 11.7. The first-order valence-electron chi connectivity index (χ1n) is 5.96. The van der Waals surface area contributed by atoms with Crippen molar-refractivity contribution in [1.82, 2.24) is 15.2 Å². The lowest BCUT2D eigenvalue weighted by Crippen LogP contribution is -2.30. The van der Waals surface area contributed by atoms with Crippen molar-refractivity contribution < 1.29 is 9.59 Å². The normalized spacial score (nSPS) is 15.3. The van der Waals surface area contributed by atoms with Crippen LogP contribution >= 0.6 is 0 Å². The van der Waals surface area contributed by atoms with Gasteiger partial charge in [0.15, 0.2) is 0 Å². The molecule has 0 unspecified atom stereocenters. The van der Waals surface area contributed by atoms with Gasteiger partial charge in [0.05, 0.1) is 5.56 Å². The van der Waals surface area contributed by atoms with Gasteiger partial charge in [-0.25, -0.2) is 0 Å². The van der Waals surface area contributed by atoms with Gasteiger partial charge < -0.3 is 15.2 Å². The van der Waals surface area contributed by atoms with E-state index in [1.54, 1.807) is 18.5 Å². The number of hydrogen-bond donors (Lipinski definition) is 2. The van der Waals surface area contributed by atoms with Crippen molar-refractivity contribution >= 4 is 11.8 Å². The summed E-state index contributed by atoms with van der Waals surface area (Å²) in [5.74, 6) is 0.168. The molecule has 1 aromatic rings. The Balaban J connectivity index is 1.63. The van der Waals surface area contributed by atoms with Crippen LogP contribution in [0.25, 0.3) is 0 Å². The number of nitrogens with zero attached hydrogens (tertiary/aromatic N) is 1. The molecule has 2 amide bonds. The van der Waals surface area contributed by atoms with E-state index in [0.29, 0.717) is 18.5 Å². The Labute approximate surface area is 100 Å². The van der Waals surface area contributed by atoms with Crippen LogP contribution in [0.2, 0.25) is 0 Å². The van der Waals surface area contributed by atoms with Gasteiger partial charge in [-0.1, -0.05) is 0 Å². The molecule has 1 aliphatic heterocycles. The molecule has 0 aliphatic carbocycles. The molecule has 1 aromatic heterocycles. The molecule has 2 heterocycles. The largest absolute Gasteiger partial charge is 0.367 e. The van der Waals surface area contributed by atoms with E-state index < -0.39 is 0 Å². The Morgan fingerprint density at radius 2 is 2.41 bits per heavy atom. The van der Waals surface area contributed by atoms with Gasteiger partial charge in [0, 0.05) is 38.4 Å². The third kappa shape index (κ3) is 3.09. The molecule has 1 saturated heterocycles. The van der Waals surface area contributed by atoms with Gasteiger partial charge in [-0.15, -0.1) is 0 Å². The van der Waals surface area contributed by atoms with Gasteiger partial charge in [0.2, 0.25) is 5.91 Å². The Bertz CT molecular complexity index is 386. The Morgan fingerprint density at radius 1 is 1.53 bits per heavy atom. The number of aromatic nitrogens is 1. The molecule has 92 valence electrons. The van der Waals surface area contributed by atoms with E-state index in [1.807, 2.05) is 4.90 Å². The molecule has 0 saturated carbocycles. The van der Waals surface area contributed by atoms with Crippen LogP contribution in [0.5, 0.6) is 0 Å². The number of hydrogen-bond acceptors (Lipinski definition) is 2. The van der Waals surface area contributed by atoms with Crippen LogP contribution in [0.15, 0.2) is 18.5 Å². The number of H-pyrrole nitrogens is 1. The zero-order valence-electron chi connectivity index (χ0n) is 9.74. The molecule has 0 spiro atoms. The summed E-state index contributed by atoms with van der Waals surface area (Å²) in [7, 11) is 0. The maximum atomic E-state index is 11.6. The predicted molar refractivity (Wildman–Crippen MR) is 63.6 cm³/mol. The molecule has 2 N–H and O–H groups in total. The summed E-state index contributed by atoms with van der Waals surface area (Å²) in [6.45, 7) is 2.21. The molecule has 0 aromatic carbocycles. The summed E-state index contributed by atoms with van der Waals surface area (Å²) in [6.07, 6.45) is 5.84. The lowest BCUT2D eigenvalue weighted by molar-refractivity contribution is -0.127. The highest BCUT2D eigenvalue weighted by Crippen LogP contribution is 2.09. The van der Waals surface area contributed by atoms with Crippen molar-refractivity contribution in [3.05, 3.63) is 24.0 Å². The summed E-state index contributed by atoms with van der Waals surface area (Å²) in [5, 5.41) is 2.83. The van der Waals surface area contributed by atoms with Gasteiger partial charge in [0.1, 0.15) is 0 Å². The van der Waals surface area contributed by atoms with Crippen LogP contribution in [-0.2, 0) is 4.79 Å². The second-order valence-corrected chi connectivity index (χ2v) is 4.19. The molecule has 17 heavy (non-hydrogen) atoms. The third-order valence-corrected chi connectivity index (χ3v) is 2.92. The number of aromatic amines is 1. The smallest absolute Gasteiger partial charge is 0.252 e. The van der Waals surface area contributed by atoms with Gasteiger partial charge in [-0.05, 0) is 18.9 Å². The van der Waals surface area contributed by atoms with Crippen molar-refractivity contribution in [2.45, 2.75) is 19.3 Å². The predicted octanol–water partition coefficient (Wildman–Crippen LogP) is 0.757. The van der Waals surface area contributed by atoms with Crippen LogP contribution < -0.4 is 5.32 Å². The first-order valence-corrected chi connectivity index (χ1v) is 5.96. The van der Waals surface area contributed by atoms with Crippen molar-refractivity contribution in [3.8, 4) is 0 Å². The monoisotopic (exact) mass is 235 g/mol. The van der Waals surface area contributed by atoms with Gasteiger partial charge >= 0.3 is 0 Å². The lowest BCUT2D eigenvalue weighted by Gasteiger charge is -2.15. The molecule has 1 fully saturated rings. The van der Waals surface area contributed by atoms with E-state index in [0.717, 1.165) is 25.9 Å². The number of carbonyl (C=O) groups excluding carboxylic acids is 2. The molecule has 0 bridgehead atoms. The van der Waals surface area contributed by atoms with E-state index in [2.05, 4.69) is 10.3 Å². The topological polar surface area (TPSA) is 65.2 Å². The van der Waals surface area contributed by atoms with Crippen molar-refractivity contribution in [3.63, 3.8) is 0 Å². The molecule has 0 atom stereocenters. The zero-order valence-corrected chi connectivity index (χ0v) is 9.74. The average molecular weight is 235 g/mol. The van der Waals surface area contributed by atoms with Crippen LogP contribution in [0.4, 0.5) is 0 Å².